The van der Waals surface area contributed by atoms with Gasteiger partial charge in [-0.1, -0.05) is 0 Å². The van der Waals surface area contributed by atoms with Crippen molar-refractivity contribution in [3.8, 4) is 6.07 Å². The Morgan fingerprint density at radius 1 is 1.27 bits per heavy atom. The van der Waals surface area contributed by atoms with Crippen LogP contribution in [0.1, 0.15) is 45.8 Å². The number of anilines is 1. The summed E-state index contributed by atoms with van der Waals surface area (Å²) in [5.41, 5.74) is -0.711. The number of rotatable bonds is 3. The van der Waals surface area contributed by atoms with Crippen molar-refractivity contribution in [1.29, 1.82) is 5.26 Å². The second-order valence-electron chi connectivity index (χ2n) is 9.08. The largest absolute Gasteiger partial charge is 0.466 e. The molecule has 176 valence electrons. The zero-order valence-electron chi connectivity index (χ0n) is 18.6. The summed E-state index contributed by atoms with van der Waals surface area (Å²) >= 11 is 0. The summed E-state index contributed by atoms with van der Waals surface area (Å²) in [5.74, 6) is 1.06. The first kappa shape index (κ1) is 23.2. The van der Waals surface area contributed by atoms with Gasteiger partial charge in [-0.05, 0) is 56.4 Å². The molecule has 0 aliphatic carbocycles. The number of aliphatic hydroxyl groups excluding tert-OH is 1. The number of hydrogen-bond donors (Lipinski definition) is 1. The third-order valence-electron chi connectivity index (χ3n) is 7.14. The number of piperidine rings is 1. The van der Waals surface area contributed by atoms with E-state index in [1.165, 1.54) is 12.1 Å². The second kappa shape index (κ2) is 8.41. The molecule has 1 atom stereocenters. The van der Waals surface area contributed by atoms with Crippen LogP contribution in [0.25, 0.3) is 0 Å². The zero-order valence-corrected chi connectivity index (χ0v) is 18.6. The van der Waals surface area contributed by atoms with Crippen LogP contribution in [-0.4, -0.2) is 48.7 Å². The lowest BCUT2D eigenvalue weighted by Crippen LogP contribution is -2.47. The monoisotopic (exact) mass is 461 g/mol. The Kier molecular flexibility index (Phi) is 5.91. The SMILES string of the molecule is Cc1cc(C(=O)N2CCC3(CC2)CN(c2ccc(C#N)c(C(F)(F)F)c2)CC3CO)c(C)o1. The molecule has 6 nitrogen and oxygen atoms in total. The first-order valence-electron chi connectivity index (χ1n) is 10.9. The van der Waals surface area contributed by atoms with Crippen LogP contribution in [0.2, 0.25) is 0 Å². The van der Waals surface area contributed by atoms with Crippen LogP contribution >= 0.6 is 0 Å². The molecule has 33 heavy (non-hydrogen) atoms. The molecule has 1 spiro atoms. The van der Waals surface area contributed by atoms with Crippen molar-refractivity contribution in [3.05, 3.63) is 52.5 Å². The fraction of sp³-hybridized carbons (Fsp3) is 0.500. The summed E-state index contributed by atoms with van der Waals surface area (Å²) < 4.78 is 45.8. The van der Waals surface area contributed by atoms with Crippen LogP contribution in [-0.2, 0) is 6.18 Å². The van der Waals surface area contributed by atoms with E-state index in [2.05, 4.69) is 0 Å². The summed E-state index contributed by atoms with van der Waals surface area (Å²) in [6.07, 6.45) is -3.32. The molecule has 0 bridgehead atoms. The van der Waals surface area contributed by atoms with Gasteiger partial charge in [0.15, 0.2) is 0 Å². The minimum Gasteiger partial charge on any atom is -0.466 e. The fourth-order valence-electron chi connectivity index (χ4n) is 5.28. The first-order valence-corrected chi connectivity index (χ1v) is 10.9. The summed E-state index contributed by atoms with van der Waals surface area (Å²) in [5, 5.41) is 19.1. The molecule has 2 aromatic rings. The third-order valence-corrected chi connectivity index (χ3v) is 7.14. The lowest BCUT2D eigenvalue weighted by atomic mass is 9.71. The number of amides is 1. The maximum Gasteiger partial charge on any atom is 0.417 e. The number of alkyl halides is 3. The van der Waals surface area contributed by atoms with E-state index >= 15 is 0 Å². The summed E-state index contributed by atoms with van der Waals surface area (Å²) in [6, 6.07) is 7.10. The fourth-order valence-corrected chi connectivity index (χ4v) is 5.28. The number of benzene rings is 1. The number of halogens is 3. The molecule has 2 aliphatic heterocycles. The molecule has 9 heteroatoms. The van der Waals surface area contributed by atoms with Gasteiger partial charge in [0.2, 0.25) is 0 Å². The third kappa shape index (κ3) is 4.20. The Balaban J connectivity index is 1.52. The molecule has 1 unspecified atom stereocenters. The van der Waals surface area contributed by atoms with Gasteiger partial charge in [0.1, 0.15) is 11.5 Å². The standard InChI is InChI=1S/C24H26F3N3O3/c1-15-9-20(16(2)33-15)22(32)29-7-5-23(6-8-29)14-30(12-18(23)13-31)19-4-3-17(11-28)21(10-19)24(25,26)27/h3-4,9-10,18,31H,5-8,12-14H2,1-2H3. The lowest BCUT2D eigenvalue weighted by molar-refractivity contribution is -0.137. The van der Waals surface area contributed by atoms with Crippen molar-refractivity contribution < 1.29 is 27.5 Å². The minimum absolute atomic E-state index is 0.0765. The molecule has 0 saturated carbocycles. The number of nitriles is 1. The smallest absolute Gasteiger partial charge is 0.417 e. The summed E-state index contributed by atoms with van der Waals surface area (Å²) in [6.45, 7) is 5.41. The Labute approximate surface area is 190 Å². The van der Waals surface area contributed by atoms with E-state index in [1.54, 1.807) is 30.9 Å². The van der Waals surface area contributed by atoms with Gasteiger partial charge < -0.3 is 19.3 Å². The van der Waals surface area contributed by atoms with Crippen molar-refractivity contribution in [2.24, 2.45) is 11.3 Å². The van der Waals surface area contributed by atoms with E-state index in [0.29, 0.717) is 61.8 Å². The van der Waals surface area contributed by atoms with E-state index < -0.39 is 17.3 Å². The van der Waals surface area contributed by atoms with Gasteiger partial charge in [-0.15, -0.1) is 0 Å². The van der Waals surface area contributed by atoms with Gasteiger partial charge in [0, 0.05) is 44.4 Å². The van der Waals surface area contributed by atoms with Crippen LogP contribution in [0.15, 0.2) is 28.7 Å². The average molecular weight is 461 g/mol. The molecule has 4 rings (SSSR count). The minimum atomic E-state index is -4.62. The molecule has 1 aromatic heterocycles. The highest BCUT2D eigenvalue weighted by Crippen LogP contribution is 2.46. The number of carbonyl (C=O) groups is 1. The molecule has 3 heterocycles. The maximum atomic E-state index is 13.4. The molecular weight excluding hydrogens is 435 g/mol. The lowest BCUT2D eigenvalue weighted by Gasteiger charge is -2.42. The van der Waals surface area contributed by atoms with Crippen molar-refractivity contribution in [2.75, 3.05) is 37.7 Å². The normalized spacial score (nSPS) is 20.3. The molecule has 2 aliphatic rings. The molecule has 2 saturated heterocycles. The second-order valence-corrected chi connectivity index (χ2v) is 9.08. The van der Waals surface area contributed by atoms with Crippen molar-refractivity contribution in [2.45, 2.75) is 32.9 Å². The number of aliphatic hydroxyl groups is 1. The highest BCUT2D eigenvalue weighted by molar-refractivity contribution is 5.95. The Bertz CT molecular complexity index is 1090. The van der Waals surface area contributed by atoms with E-state index in [-0.39, 0.29) is 23.8 Å². The van der Waals surface area contributed by atoms with E-state index in [4.69, 9.17) is 9.68 Å². The van der Waals surface area contributed by atoms with Gasteiger partial charge in [-0.2, -0.15) is 18.4 Å². The number of carbonyl (C=O) groups excluding carboxylic acids is 1. The number of furan rings is 1. The average Bonchev–Trinajstić information content (AvgIpc) is 3.31. The number of aryl methyl sites for hydroxylation is 2. The van der Waals surface area contributed by atoms with Crippen LogP contribution < -0.4 is 4.90 Å². The van der Waals surface area contributed by atoms with Gasteiger partial charge in [0.25, 0.3) is 5.91 Å². The summed E-state index contributed by atoms with van der Waals surface area (Å²) in [7, 11) is 0. The molecule has 0 radical (unpaired) electrons. The molecule has 1 aromatic carbocycles. The van der Waals surface area contributed by atoms with Gasteiger partial charge >= 0.3 is 6.18 Å². The molecule has 2 fully saturated rings. The topological polar surface area (TPSA) is 80.7 Å². The van der Waals surface area contributed by atoms with E-state index in [1.807, 2.05) is 4.90 Å². The first-order chi connectivity index (χ1) is 15.6. The molecule has 1 N–H and O–H groups in total. The predicted octanol–water partition coefficient (Wildman–Crippen LogP) is 4.14. The van der Waals surface area contributed by atoms with E-state index in [0.717, 1.165) is 6.07 Å². The van der Waals surface area contributed by atoms with Crippen LogP contribution in [0.4, 0.5) is 18.9 Å². The summed E-state index contributed by atoms with van der Waals surface area (Å²) in [4.78, 5) is 16.6. The maximum absolute atomic E-state index is 13.4. The zero-order chi connectivity index (χ0) is 24.0. The van der Waals surface area contributed by atoms with Gasteiger partial charge in [-0.25, -0.2) is 0 Å². The molecule has 1 amide bonds. The van der Waals surface area contributed by atoms with Crippen molar-refractivity contribution >= 4 is 11.6 Å². The highest BCUT2D eigenvalue weighted by atomic mass is 19.4. The molecular formula is C24H26F3N3O3. The van der Waals surface area contributed by atoms with E-state index in [9.17, 15) is 23.1 Å². The van der Waals surface area contributed by atoms with Crippen LogP contribution in [0, 0.1) is 36.5 Å². The Morgan fingerprint density at radius 2 is 1.97 bits per heavy atom. The highest BCUT2D eigenvalue weighted by Gasteiger charge is 2.48. The van der Waals surface area contributed by atoms with Gasteiger partial charge in [0.05, 0.1) is 22.8 Å². The van der Waals surface area contributed by atoms with Gasteiger partial charge in [-0.3, -0.25) is 4.79 Å². The van der Waals surface area contributed by atoms with Crippen molar-refractivity contribution in [3.63, 3.8) is 0 Å². The number of hydrogen-bond acceptors (Lipinski definition) is 5. The van der Waals surface area contributed by atoms with Crippen LogP contribution in [0.5, 0.6) is 0 Å². The Hall–Kier alpha value is -2.99. The number of nitrogens with zero attached hydrogens (tertiary/aromatic N) is 3. The Morgan fingerprint density at radius 3 is 2.52 bits per heavy atom. The number of likely N-dealkylation sites (tertiary alicyclic amines) is 1. The van der Waals surface area contributed by atoms with Crippen LogP contribution in [0.3, 0.4) is 0 Å². The quantitative estimate of drug-likeness (QED) is 0.743. The van der Waals surface area contributed by atoms with Crippen molar-refractivity contribution in [1.82, 2.24) is 4.90 Å². The predicted molar refractivity (Wildman–Crippen MR) is 115 cm³/mol.